The number of anilines is 1. The Bertz CT molecular complexity index is 1100. The maximum absolute atomic E-state index is 12.5. The molecule has 0 bridgehead atoms. The number of rotatable bonds is 8. The predicted octanol–water partition coefficient (Wildman–Crippen LogP) is 4.35. The molecule has 8 nitrogen and oxygen atoms in total. The van der Waals surface area contributed by atoms with E-state index in [-0.39, 0.29) is 16.5 Å². The van der Waals surface area contributed by atoms with E-state index in [4.69, 9.17) is 21.7 Å². The van der Waals surface area contributed by atoms with Crippen LogP contribution in [0.25, 0.3) is 0 Å². The van der Waals surface area contributed by atoms with Crippen LogP contribution in [-0.2, 0) is 6.42 Å². The molecular formula is C23H21N3O5S. The molecule has 1 amide bonds. The van der Waals surface area contributed by atoms with E-state index in [1.165, 1.54) is 30.9 Å². The molecular weight excluding hydrogens is 430 g/mol. The van der Waals surface area contributed by atoms with Gasteiger partial charge in [0.25, 0.3) is 11.6 Å². The highest BCUT2D eigenvalue weighted by Gasteiger charge is 2.14. The van der Waals surface area contributed by atoms with Gasteiger partial charge in [-0.3, -0.25) is 20.2 Å². The van der Waals surface area contributed by atoms with Crippen molar-refractivity contribution in [3.63, 3.8) is 0 Å². The molecule has 164 valence electrons. The molecule has 0 aliphatic carbocycles. The molecule has 0 aromatic heterocycles. The molecule has 9 heteroatoms. The fourth-order valence-electron chi connectivity index (χ4n) is 2.86. The number of nitrogens with zero attached hydrogens (tertiary/aromatic N) is 1. The highest BCUT2D eigenvalue weighted by molar-refractivity contribution is 7.80. The van der Waals surface area contributed by atoms with Gasteiger partial charge in [-0.1, -0.05) is 30.3 Å². The average molecular weight is 452 g/mol. The second-order valence-corrected chi connectivity index (χ2v) is 7.07. The van der Waals surface area contributed by atoms with Crippen molar-refractivity contribution in [1.82, 2.24) is 5.32 Å². The zero-order valence-corrected chi connectivity index (χ0v) is 18.1. The Hall–Kier alpha value is -3.98. The number of benzene rings is 3. The first kappa shape index (κ1) is 22.7. The lowest BCUT2D eigenvalue weighted by Crippen LogP contribution is -2.34. The van der Waals surface area contributed by atoms with Gasteiger partial charge in [-0.15, -0.1) is 0 Å². The van der Waals surface area contributed by atoms with Crippen LogP contribution in [0.15, 0.2) is 72.8 Å². The summed E-state index contributed by atoms with van der Waals surface area (Å²) in [5, 5.41) is 16.3. The Kier molecular flexibility index (Phi) is 7.71. The normalized spacial score (nSPS) is 10.2. The average Bonchev–Trinajstić information content (AvgIpc) is 2.80. The van der Waals surface area contributed by atoms with Crippen LogP contribution >= 0.6 is 12.2 Å². The topological polar surface area (TPSA) is 103 Å². The number of non-ortho nitro benzene ring substituents is 1. The van der Waals surface area contributed by atoms with Gasteiger partial charge in [0.05, 0.1) is 30.4 Å². The number of hydrogen-bond acceptors (Lipinski definition) is 6. The number of hydrogen-bond donors (Lipinski definition) is 2. The highest BCUT2D eigenvalue weighted by Crippen LogP contribution is 2.28. The Morgan fingerprint density at radius 2 is 1.78 bits per heavy atom. The highest BCUT2D eigenvalue weighted by atomic mass is 32.1. The van der Waals surface area contributed by atoms with E-state index in [9.17, 15) is 14.9 Å². The van der Waals surface area contributed by atoms with Crippen molar-refractivity contribution in [2.75, 3.05) is 19.0 Å². The summed E-state index contributed by atoms with van der Waals surface area (Å²) in [7, 11) is 1.38. The summed E-state index contributed by atoms with van der Waals surface area (Å²) < 4.78 is 10.9. The number of carbonyl (C=O) groups excluding carboxylic acids is 1. The molecule has 0 atom stereocenters. The summed E-state index contributed by atoms with van der Waals surface area (Å²) >= 11 is 5.18. The molecule has 0 saturated carbocycles. The molecule has 0 saturated heterocycles. The van der Waals surface area contributed by atoms with E-state index in [1.54, 1.807) is 24.3 Å². The molecule has 0 aliphatic heterocycles. The fraction of sp³-hybridized carbons (Fsp3) is 0.130. The van der Waals surface area contributed by atoms with Gasteiger partial charge in [0, 0.05) is 18.1 Å². The summed E-state index contributed by atoms with van der Waals surface area (Å²) in [6.07, 6.45) is 0.787. The van der Waals surface area contributed by atoms with E-state index in [2.05, 4.69) is 10.6 Å². The van der Waals surface area contributed by atoms with Gasteiger partial charge in [0.2, 0.25) is 0 Å². The summed E-state index contributed by atoms with van der Waals surface area (Å²) in [4.78, 5) is 22.8. The van der Waals surface area contributed by atoms with Gasteiger partial charge in [0.1, 0.15) is 11.5 Å². The molecule has 3 aromatic carbocycles. The van der Waals surface area contributed by atoms with Crippen molar-refractivity contribution in [3.05, 3.63) is 94.0 Å². The number of thiocarbonyl (C=S) groups is 1. The largest absolute Gasteiger partial charge is 0.494 e. The third-order valence-electron chi connectivity index (χ3n) is 4.49. The van der Waals surface area contributed by atoms with Crippen LogP contribution in [0.1, 0.15) is 15.9 Å². The van der Waals surface area contributed by atoms with Crippen molar-refractivity contribution in [2.45, 2.75) is 6.42 Å². The van der Waals surface area contributed by atoms with Crippen LogP contribution in [-0.4, -0.2) is 29.7 Å². The smallest absolute Gasteiger partial charge is 0.273 e. The maximum Gasteiger partial charge on any atom is 0.273 e. The lowest BCUT2D eigenvalue weighted by molar-refractivity contribution is -0.384. The summed E-state index contributed by atoms with van der Waals surface area (Å²) in [6.45, 7) is 0.528. The maximum atomic E-state index is 12.5. The third-order valence-corrected chi connectivity index (χ3v) is 4.69. The standard InChI is InChI=1S/C23H21N3O5S/c1-30-21-15-18(26(28)29)9-12-20(21)24-23(32)25-22(27)17-7-10-19(11-8-17)31-14-13-16-5-3-2-4-6-16/h2-12,15H,13-14H2,1H3,(H2,24,25,27,32). The first-order chi connectivity index (χ1) is 15.5. The van der Waals surface area contributed by atoms with Crippen LogP contribution in [0, 0.1) is 10.1 Å². The number of methoxy groups -OCH3 is 1. The first-order valence-corrected chi connectivity index (χ1v) is 10.1. The Morgan fingerprint density at radius 1 is 1.06 bits per heavy atom. The molecule has 32 heavy (non-hydrogen) atoms. The SMILES string of the molecule is COc1cc([N+](=O)[O-])ccc1NC(=S)NC(=O)c1ccc(OCCc2ccccc2)cc1. The summed E-state index contributed by atoms with van der Waals surface area (Å²) in [6, 6.07) is 20.8. The number of nitro groups is 1. The second kappa shape index (κ2) is 10.9. The molecule has 0 spiro atoms. The van der Waals surface area contributed by atoms with E-state index in [0.717, 1.165) is 6.42 Å². The van der Waals surface area contributed by atoms with Crippen molar-refractivity contribution < 1.29 is 19.2 Å². The van der Waals surface area contributed by atoms with Crippen LogP contribution in [0.2, 0.25) is 0 Å². The first-order valence-electron chi connectivity index (χ1n) is 9.68. The van der Waals surface area contributed by atoms with Crippen LogP contribution < -0.4 is 20.1 Å². The van der Waals surface area contributed by atoms with Crippen molar-refractivity contribution in [2.24, 2.45) is 0 Å². The summed E-state index contributed by atoms with van der Waals surface area (Å²) in [5.41, 5.74) is 1.87. The van der Waals surface area contributed by atoms with Gasteiger partial charge < -0.3 is 14.8 Å². The Balaban J connectivity index is 1.53. The monoisotopic (exact) mass is 451 g/mol. The number of ether oxygens (including phenoxy) is 2. The Morgan fingerprint density at radius 3 is 2.44 bits per heavy atom. The molecule has 3 rings (SSSR count). The number of amides is 1. The van der Waals surface area contributed by atoms with Gasteiger partial charge in [-0.2, -0.15) is 0 Å². The zero-order chi connectivity index (χ0) is 22.9. The van der Waals surface area contributed by atoms with Crippen molar-refractivity contribution in [1.29, 1.82) is 0 Å². The number of nitrogens with one attached hydrogen (secondary N) is 2. The molecule has 2 N–H and O–H groups in total. The van der Waals surface area contributed by atoms with Gasteiger partial charge >= 0.3 is 0 Å². The minimum absolute atomic E-state index is 0.0327. The van der Waals surface area contributed by atoms with E-state index >= 15 is 0 Å². The Labute approximate surface area is 190 Å². The predicted molar refractivity (Wildman–Crippen MR) is 125 cm³/mol. The molecule has 0 fully saturated rings. The van der Waals surface area contributed by atoms with E-state index in [1.807, 2.05) is 30.3 Å². The molecule has 3 aromatic rings. The van der Waals surface area contributed by atoms with E-state index in [0.29, 0.717) is 23.6 Å². The molecule has 0 radical (unpaired) electrons. The number of nitro benzene ring substituents is 1. The van der Waals surface area contributed by atoms with Crippen LogP contribution in [0.5, 0.6) is 11.5 Å². The quantitative estimate of drug-likeness (QED) is 0.298. The molecule has 0 aliphatic rings. The lowest BCUT2D eigenvalue weighted by Gasteiger charge is -2.13. The van der Waals surface area contributed by atoms with E-state index < -0.39 is 10.8 Å². The summed E-state index contributed by atoms with van der Waals surface area (Å²) in [5.74, 6) is 0.487. The van der Waals surface area contributed by atoms with Crippen molar-refractivity contribution >= 4 is 34.6 Å². The van der Waals surface area contributed by atoms with Gasteiger partial charge in [0.15, 0.2) is 5.11 Å². The fourth-order valence-corrected chi connectivity index (χ4v) is 3.06. The second-order valence-electron chi connectivity index (χ2n) is 6.66. The molecule has 0 heterocycles. The van der Waals surface area contributed by atoms with Crippen LogP contribution in [0.4, 0.5) is 11.4 Å². The third kappa shape index (κ3) is 6.26. The van der Waals surface area contributed by atoms with Gasteiger partial charge in [-0.25, -0.2) is 0 Å². The van der Waals surface area contributed by atoms with Crippen molar-refractivity contribution in [3.8, 4) is 11.5 Å². The van der Waals surface area contributed by atoms with Gasteiger partial charge in [-0.05, 0) is 48.1 Å². The minimum atomic E-state index is -0.526. The lowest BCUT2D eigenvalue weighted by atomic mass is 10.2. The zero-order valence-electron chi connectivity index (χ0n) is 17.2. The number of carbonyl (C=O) groups is 1. The minimum Gasteiger partial charge on any atom is -0.494 e. The molecule has 0 unspecified atom stereocenters. The van der Waals surface area contributed by atoms with Crippen LogP contribution in [0.3, 0.4) is 0 Å².